The van der Waals surface area contributed by atoms with Crippen molar-refractivity contribution in [2.24, 2.45) is 5.10 Å². The molecule has 3 aromatic carbocycles. The van der Waals surface area contributed by atoms with E-state index in [1.165, 1.54) is 4.68 Å². The fraction of sp³-hybridized carbons (Fsp3) is 0.185. The first kappa shape index (κ1) is 26.0. The van der Waals surface area contributed by atoms with Crippen molar-refractivity contribution in [2.45, 2.75) is 32.8 Å². The molecule has 36 heavy (non-hydrogen) atoms. The van der Waals surface area contributed by atoms with Crippen LogP contribution in [-0.2, 0) is 12.0 Å². The van der Waals surface area contributed by atoms with Crippen LogP contribution >= 0.6 is 38.5 Å². The van der Waals surface area contributed by atoms with Gasteiger partial charge in [0.05, 0.1) is 26.3 Å². The zero-order valence-electron chi connectivity index (χ0n) is 19.8. The number of carbonyl (C=O) groups is 1. The van der Waals surface area contributed by atoms with E-state index >= 15 is 0 Å². The molecule has 0 amide bonds. The van der Waals surface area contributed by atoms with E-state index in [1.807, 2.05) is 51.1 Å². The normalized spacial score (nSPS) is 11.8. The Labute approximate surface area is 230 Å². The minimum absolute atomic E-state index is 0.231. The summed E-state index contributed by atoms with van der Waals surface area (Å²) < 4.78 is 8.96. The number of aromatic carboxylic acids is 1. The van der Waals surface area contributed by atoms with Crippen LogP contribution in [0, 0.1) is 3.57 Å². The lowest BCUT2D eigenvalue weighted by atomic mass is 9.95. The molecule has 0 aliphatic rings. The number of halogens is 2. The summed E-state index contributed by atoms with van der Waals surface area (Å²) in [5.74, 6) is 0.306. The Kier molecular flexibility index (Phi) is 7.60. The number of nitrogens with zero attached hydrogens (tertiary/aromatic N) is 3. The fourth-order valence-electron chi connectivity index (χ4n) is 3.48. The predicted octanol–water partition coefficient (Wildman–Crippen LogP) is 6.22. The Morgan fingerprint density at radius 1 is 1.14 bits per heavy atom. The molecule has 7 nitrogen and oxygen atoms in total. The summed E-state index contributed by atoms with van der Waals surface area (Å²) in [7, 11) is 0. The van der Waals surface area contributed by atoms with Crippen molar-refractivity contribution in [2.75, 3.05) is 0 Å². The fourth-order valence-corrected chi connectivity index (χ4v) is 4.54. The van der Waals surface area contributed by atoms with E-state index in [9.17, 15) is 9.59 Å². The quantitative estimate of drug-likeness (QED) is 0.196. The van der Waals surface area contributed by atoms with Gasteiger partial charge in [0.2, 0.25) is 0 Å². The SMILES string of the molecule is CC(C)(C)c1nc2ccc(Br)cc2c(=O)n1N=Cc1ccc(OCc2ccc(C(=O)O)cc2)c(I)c1. The van der Waals surface area contributed by atoms with Crippen molar-refractivity contribution in [1.29, 1.82) is 0 Å². The maximum absolute atomic E-state index is 13.3. The second-order valence-electron chi connectivity index (χ2n) is 9.19. The molecule has 4 rings (SSSR count). The summed E-state index contributed by atoms with van der Waals surface area (Å²) in [6.07, 6.45) is 1.64. The predicted molar refractivity (Wildman–Crippen MR) is 152 cm³/mol. The third-order valence-electron chi connectivity index (χ3n) is 5.35. The lowest BCUT2D eigenvalue weighted by Gasteiger charge is -2.20. The number of hydrogen-bond donors (Lipinski definition) is 1. The van der Waals surface area contributed by atoms with Crippen LogP contribution in [0.2, 0.25) is 0 Å². The lowest BCUT2D eigenvalue weighted by molar-refractivity contribution is 0.0697. The van der Waals surface area contributed by atoms with Crippen LogP contribution in [0.5, 0.6) is 5.75 Å². The minimum Gasteiger partial charge on any atom is -0.488 e. The molecule has 0 bridgehead atoms. The summed E-state index contributed by atoms with van der Waals surface area (Å²) in [6.45, 7) is 6.30. The first-order chi connectivity index (χ1) is 17.0. The van der Waals surface area contributed by atoms with Crippen LogP contribution in [0.1, 0.15) is 48.1 Å². The Morgan fingerprint density at radius 3 is 2.50 bits per heavy atom. The van der Waals surface area contributed by atoms with Crippen LogP contribution < -0.4 is 10.3 Å². The molecular weight excluding hydrogens is 637 g/mol. The van der Waals surface area contributed by atoms with Crippen LogP contribution in [0.4, 0.5) is 0 Å². The molecule has 0 aliphatic heterocycles. The van der Waals surface area contributed by atoms with Gasteiger partial charge in [-0.1, -0.05) is 48.8 Å². The van der Waals surface area contributed by atoms with E-state index in [1.54, 1.807) is 36.5 Å². The average molecular weight is 660 g/mol. The van der Waals surface area contributed by atoms with Gasteiger partial charge in [-0.3, -0.25) is 4.79 Å². The third-order valence-corrected chi connectivity index (χ3v) is 6.69. The van der Waals surface area contributed by atoms with E-state index in [-0.39, 0.29) is 11.1 Å². The number of hydrogen-bond acceptors (Lipinski definition) is 5. The summed E-state index contributed by atoms with van der Waals surface area (Å²) in [4.78, 5) is 29.0. The number of carboxylic acids is 1. The van der Waals surface area contributed by atoms with Gasteiger partial charge in [0, 0.05) is 9.89 Å². The number of carboxylic acid groups (broad SMARTS) is 1. The Bertz CT molecular complexity index is 1540. The molecular formula is C27H23BrIN3O4. The molecule has 184 valence electrons. The van der Waals surface area contributed by atoms with Gasteiger partial charge >= 0.3 is 5.97 Å². The highest BCUT2D eigenvalue weighted by Gasteiger charge is 2.23. The van der Waals surface area contributed by atoms with Gasteiger partial charge < -0.3 is 9.84 Å². The Morgan fingerprint density at radius 2 is 1.86 bits per heavy atom. The molecule has 9 heteroatoms. The van der Waals surface area contributed by atoms with Crippen molar-refractivity contribution in [3.63, 3.8) is 0 Å². The summed E-state index contributed by atoms with van der Waals surface area (Å²) in [5.41, 5.74) is 1.91. The zero-order valence-corrected chi connectivity index (χ0v) is 23.6. The molecule has 0 atom stereocenters. The van der Waals surface area contributed by atoms with Gasteiger partial charge in [-0.15, -0.1) is 0 Å². The highest BCUT2D eigenvalue weighted by atomic mass is 127. The molecule has 0 spiro atoms. The zero-order chi connectivity index (χ0) is 26.0. The number of aromatic nitrogens is 2. The summed E-state index contributed by atoms with van der Waals surface area (Å²) in [5, 5.41) is 14.0. The number of ether oxygens (including phenoxy) is 1. The van der Waals surface area contributed by atoms with Crippen LogP contribution in [0.25, 0.3) is 10.9 Å². The molecule has 1 heterocycles. The van der Waals surface area contributed by atoms with Gasteiger partial charge in [0.25, 0.3) is 5.56 Å². The molecule has 0 fully saturated rings. The highest BCUT2D eigenvalue weighted by Crippen LogP contribution is 2.24. The summed E-state index contributed by atoms with van der Waals surface area (Å²) in [6, 6.07) is 17.7. The van der Waals surface area contributed by atoms with Crippen LogP contribution in [0.15, 0.2) is 75.0 Å². The first-order valence-electron chi connectivity index (χ1n) is 11.0. The maximum Gasteiger partial charge on any atom is 0.335 e. The highest BCUT2D eigenvalue weighted by molar-refractivity contribution is 14.1. The molecule has 1 N–H and O–H groups in total. The molecule has 0 aliphatic carbocycles. The van der Waals surface area contributed by atoms with E-state index in [2.05, 4.69) is 43.6 Å². The number of rotatable bonds is 6. The van der Waals surface area contributed by atoms with Crippen molar-refractivity contribution in [1.82, 2.24) is 9.66 Å². The Hall–Kier alpha value is -3.05. The van der Waals surface area contributed by atoms with Gasteiger partial charge in [-0.2, -0.15) is 9.78 Å². The Balaban J connectivity index is 1.59. The number of benzene rings is 3. The molecule has 1 aromatic heterocycles. The maximum atomic E-state index is 13.3. The van der Waals surface area contributed by atoms with Gasteiger partial charge in [-0.05, 0) is 82.2 Å². The van der Waals surface area contributed by atoms with E-state index in [4.69, 9.17) is 14.8 Å². The van der Waals surface area contributed by atoms with E-state index in [0.29, 0.717) is 29.1 Å². The molecule has 0 saturated heterocycles. The van der Waals surface area contributed by atoms with Crippen molar-refractivity contribution >= 4 is 61.6 Å². The topological polar surface area (TPSA) is 93.8 Å². The lowest BCUT2D eigenvalue weighted by Crippen LogP contribution is -2.29. The van der Waals surface area contributed by atoms with Gasteiger partial charge in [-0.25, -0.2) is 9.78 Å². The van der Waals surface area contributed by atoms with Crippen molar-refractivity contribution in [3.8, 4) is 5.75 Å². The van der Waals surface area contributed by atoms with Gasteiger partial charge in [0.1, 0.15) is 18.2 Å². The third kappa shape index (κ3) is 5.84. The summed E-state index contributed by atoms with van der Waals surface area (Å²) >= 11 is 5.61. The largest absolute Gasteiger partial charge is 0.488 e. The van der Waals surface area contributed by atoms with Gasteiger partial charge in [0.15, 0.2) is 0 Å². The average Bonchev–Trinajstić information content (AvgIpc) is 2.82. The molecule has 0 saturated carbocycles. The first-order valence-corrected chi connectivity index (χ1v) is 12.9. The van der Waals surface area contributed by atoms with Crippen LogP contribution in [0.3, 0.4) is 0 Å². The molecule has 0 unspecified atom stereocenters. The second kappa shape index (κ2) is 10.5. The van der Waals surface area contributed by atoms with Crippen LogP contribution in [-0.4, -0.2) is 27.0 Å². The van der Waals surface area contributed by atoms with Crippen molar-refractivity contribution in [3.05, 3.63) is 102 Å². The minimum atomic E-state index is -0.960. The smallest absolute Gasteiger partial charge is 0.335 e. The standard InChI is InChI=1S/C27H23BrIN3O4/c1-27(2,3)26-31-22-10-9-19(28)13-20(22)24(33)32(26)30-14-17-6-11-23(21(29)12-17)36-15-16-4-7-18(8-5-16)25(34)35/h4-14H,15H2,1-3H3,(H,34,35). The molecule has 4 aromatic rings. The monoisotopic (exact) mass is 659 g/mol. The number of fused-ring (bicyclic) bond motifs is 1. The molecule has 0 radical (unpaired) electrons. The van der Waals surface area contributed by atoms with E-state index in [0.717, 1.165) is 19.2 Å². The van der Waals surface area contributed by atoms with E-state index < -0.39 is 11.4 Å². The second-order valence-corrected chi connectivity index (χ2v) is 11.3. The van der Waals surface area contributed by atoms with Crippen molar-refractivity contribution < 1.29 is 14.6 Å².